The predicted molar refractivity (Wildman–Crippen MR) is 108 cm³/mol. The van der Waals surface area contributed by atoms with E-state index < -0.39 is 10.0 Å². The summed E-state index contributed by atoms with van der Waals surface area (Å²) < 4.78 is 27.8. The molecule has 0 radical (unpaired) electrons. The number of sulfonamides is 1. The van der Waals surface area contributed by atoms with Crippen molar-refractivity contribution in [3.63, 3.8) is 0 Å². The summed E-state index contributed by atoms with van der Waals surface area (Å²) in [6.07, 6.45) is 0.589. The second-order valence-electron chi connectivity index (χ2n) is 7.61. The number of aryl methyl sites for hydroxylation is 1. The Bertz CT molecular complexity index is 950. The first-order valence-corrected chi connectivity index (χ1v) is 10.7. The van der Waals surface area contributed by atoms with Crippen LogP contribution >= 0.6 is 0 Å². The van der Waals surface area contributed by atoms with E-state index in [9.17, 15) is 13.2 Å². The minimum Gasteiger partial charge on any atom is -0.352 e. The summed E-state index contributed by atoms with van der Waals surface area (Å²) in [7, 11) is -3.64. The third-order valence-electron chi connectivity index (χ3n) is 4.74. The molecule has 1 atom stereocenters. The average molecular weight is 387 g/mol. The molecule has 1 amide bonds. The number of hydrogen-bond donors (Lipinski definition) is 1. The van der Waals surface area contributed by atoms with Crippen molar-refractivity contribution in [1.29, 1.82) is 0 Å². The molecule has 5 nitrogen and oxygen atoms in total. The number of amides is 1. The van der Waals surface area contributed by atoms with E-state index in [-0.39, 0.29) is 16.8 Å². The van der Waals surface area contributed by atoms with Gasteiger partial charge in [0.15, 0.2) is 0 Å². The van der Waals surface area contributed by atoms with Crippen LogP contribution in [0.15, 0.2) is 47.4 Å². The van der Waals surface area contributed by atoms with Crippen molar-refractivity contribution in [3.8, 4) is 0 Å². The number of rotatable bonds is 5. The molecule has 144 valence electrons. The molecule has 27 heavy (non-hydrogen) atoms. The monoisotopic (exact) mass is 386 g/mol. The summed E-state index contributed by atoms with van der Waals surface area (Å²) in [4.78, 5) is 12.6. The van der Waals surface area contributed by atoms with Crippen LogP contribution in [-0.2, 0) is 16.4 Å². The Labute approximate surface area is 161 Å². The van der Waals surface area contributed by atoms with Crippen LogP contribution in [0.4, 0.5) is 5.69 Å². The SMILES string of the molecule is Cc1ccc(S(=O)(=O)N2c3ccc(C(=O)NCC(C)C)cc3C[C@@H]2C)cc1. The highest BCUT2D eigenvalue weighted by molar-refractivity contribution is 7.92. The van der Waals surface area contributed by atoms with E-state index >= 15 is 0 Å². The second-order valence-corrected chi connectivity index (χ2v) is 9.43. The van der Waals surface area contributed by atoms with E-state index in [1.165, 1.54) is 4.31 Å². The largest absolute Gasteiger partial charge is 0.352 e. The van der Waals surface area contributed by atoms with Gasteiger partial charge in [0.1, 0.15) is 0 Å². The zero-order chi connectivity index (χ0) is 19.8. The zero-order valence-electron chi connectivity index (χ0n) is 16.2. The van der Waals surface area contributed by atoms with Crippen LogP contribution in [0.5, 0.6) is 0 Å². The molecule has 0 unspecified atom stereocenters. The second kappa shape index (κ2) is 7.35. The Kier molecular flexibility index (Phi) is 5.29. The van der Waals surface area contributed by atoms with Crippen molar-refractivity contribution >= 4 is 21.6 Å². The predicted octanol–water partition coefficient (Wildman–Crippen LogP) is 3.52. The number of fused-ring (bicyclic) bond motifs is 1. The smallest absolute Gasteiger partial charge is 0.264 e. The van der Waals surface area contributed by atoms with E-state index in [4.69, 9.17) is 0 Å². The molecule has 2 aromatic carbocycles. The van der Waals surface area contributed by atoms with Gasteiger partial charge in [-0.15, -0.1) is 0 Å². The first-order valence-electron chi connectivity index (χ1n) is 9.22. The minimum atomic E-state index is -3.64. The third kappa shape index (κ3) is 3.86. The Morgan fingerprint density at radius 1 is 1.19 bits per heavy atom. The lowest BCUT2D eigenvalue weighted by molar-refractivity contribution is 0.0949. The van der Waals surface area contributed by atoms with Gasteiger partial charge in [0, 0.05) is 18.2 Å². The van der Waals surface area contributed by atoms with Crippen molar-refractivity contribution in [1.82, 2.24) is 5.32 Å². The summed E-state index contributed by atoms with van der Waals surface area (Å²) in [5.41, 5.74) is 3.12. The van der Waals surface area contributed by atoms with E-state index in [1.807, 2.05) is 33.8 Å². The third-order valence-corrected chi connectivity index (χ3v) is 6.69. The normalized spacial score (nSPS) is 16.5. The number of carbonyl (C=O) groups excluding carboxylic acids is 1. The van der Waals surface area contributed by atoms with Crippen molar-refractivity contribution in [3.05, 3.63) is 59.2 Å². The van der Waals surface area contributed by atoms with Gasteiger partial charge in [-0.3, -0.25) is 9.10 Å². The molecule has 1 N–H and O–H groups in total. The fraction of sp³-hybridized carbons (Fsp3) is 0.381. The number of nitrogens with one attached hydrogen (secondary N) is 1. The molecule has 0 saturated carbocycles. The van der Waals surface area contributed by atoms with Gasteiger partial charge in [-0.05, 0) is 62.1 Å². The van der Waals surface area contributed by atoms with Crippen LogP contribution in [-0.4, -0.2) is 26.9 Å². The Hall–Kier alpha value is -2.34. The topological polar surface area (TPSA) is 66.5 Å². The highest BCUT2D eigenvalue weighted by atomic mass is 32.2. The molecule has 0 fully saturated rings. The van der Waals surface area contributed by atoms with E-state index in [1.54, 1.807) is 36.4 Å². The molecule has 0 aliphatic carbocycles. The number of anilines is 1. The molecule has 0 saturated heterocycles. The van der Waals surface area contributed by atoms with E-state index in [0.717, 1.165) is 11.1 Å². The molecular formula is C21H26N2O3S. The lowest BCUT2D eigenvalue weighted by atomic mass is 10.1. The summed E-state index contributed by atoms with van der Waals surface area (Å²) in [6.45, 7) is 8.51. The standard InChI is InChI=1S/C21H26N2O3S/c1-14(2)13-22-21(24)17-7-10-20-18(12-17)11-16(4)23(20)27(25,26)19-8-5-15(3)6-9-19/h5-10,12,14,16H,11,13H2,1-4H3,(H,22,24)/t16-/m0/s1. The number of hydrogen-bond acceptors (Lipinski definition) is 3. The van der Waals surface area contributed by atoms with Gasteiger partial charge in [0.05, 0.1) is 10.6 Å². The first-order chi connectivity index (χ1) is 12.7. The minimum absolute atomic E-state index is 0.126. The molecular weight excluding hydrogens is 360 g/mol. The van der Waals surface area contributed by atoms with Gasteiger partial charge in [-0.1, -0.05) is 31.5 Å². The Morgan fingerprint density at radius 3 is 2.48 bits per heavy atom. The van der Waals surface area contributed by atoms with Gasteiger partial charge >= 0.3 is 0 Å². The van der Waals surface area contributed by atoms with Crippen molar-refractivity contribution in [2.45, 2.75) is 45.1 Å². The summed E-state index contributed by atoms with van der Waals surface area (Å²) >= 11 is 0. The van der Waals surface area contributed by atoms with Gasteiger partial charge in [0.2, 0.25) is 0 Å². The van der Waals surface area contributed by atoms with Crippen molar-refractivity contribution in [2.24, 2.45) is 5.92 Å². The van der Waals surface area contributed by atoms with E-state index in [0.29, 0.717) is 30.1 Å². The maximum atomic E-state index is 13.2. The molecule has 0 aromatic heterocycles. The number of carbonyl (C=O) groups is 1. The lowest BCUT2D eigenvalue weighted by Gasteiger charge is -2.24. The van der Waals surface area contributed by atoms with Crippen LogP contribution < -0.4 is 9.62 Å². The van der Waals surface area contributed by atoms with Crippen LogP contribution in [0.1, 0.15) is 42.3 Å². The fourth-order valence-electron chi connectivity index (χ4n) is 3.33. The summed E-state index contributed by atoms with van der Waals surface area (Å²) in [5.74, 6) is 0.248. The summed E-state index contributed by atoms with van der Waals surface area (Å²) in [5, 5.41) is 2.90. The van der Waals surface area contributed by atoms with Crippen molar-refractivity contribution < 1.29 is 13.2 Å². The molecule has 0 spiro atoms. The average Bonchev–Trinajstić information content (AvgIpc) is 2.95. The molecule has 1 heterocycles. The Balaban J connectivity index is 1.92. The van der Waals surface area contributed by atoms with Crippen molar-refractivity contribution in [2.75, 3.05) is 10.8 Å². The molecule has 0 bridgehead atoms. The van der Waals surface area contributed by atoms with Crippen LogP contribution in [0.25, 0.3) is 0 Å². The first kappa shape index (κ1) is 19.4. The quantitative estimate of drug-likeness (QED) is 0.855. The van der Waals surface area contributed by atoms with E-state index in [2.05, 4.69) is 5.32 Å². The number of benzene rings is 2. The van der Waals surface area contributed by atoms with Crippen LogP contribution in [0.2, 0.25) is 0 Å². The highest BCUT2D eigenvalue weighted by Crippen LogP contribution is 2.37. The fourth-order valence-corrected chi connectivity index (χ4v) is 5.03. The van der Waals surface area contributed by atoms with Gasteiger partial charge in [-0.2, -0.15) is 0 Å². The highest BCUT2D eigenvalue weighted by Gasteiger charge is 2.36. The number of nitrogens with zero attached hydrogens (tertiary/aromatic N) is 1. The van der Waals surface area contributed by atoms with Crippen LogP contribution in [0.3, 0.4) is 0 Å². The van der Waals surface area contributed by atoms with Gasteiger partial charge in [-0.25, -0.2) is 8.42 Å². The summed E-state index contributed by atoms with van der Waals surface area (Å²) in [6, 6.07) is 11.9. The molecule has 1 aliphatic heterocycles. The lowest BCUT2D eigenvalue weighted by Crippen LogP contribution is -2.35. The molecule has 3 rings (SSSR count). The zero-order valence-corrected chi connectivity index (χ0v) is 17.0. The Morgan fingerprint density at radius 2 is 1.85 bits per heavy atom. The van der Waals surface area contributed by atoms with Gasteiger partial charge < -0.3 is 5.32 Å². The maximum Gasteiger partial charge on any atom is 0.264 e. The molecule has 2 aromatic rings. The maximum absolute atomic E-state index is 13.2. The van der Waals surface area contributed by atoms with Gasteiger partial charge in [0.25, 0.3) is 15.9 Å². The van der Waals surface area contributed by atoms with Crippen LogP contribution in [0, 0.1) is 12.8 Å². The molecule has 6 heteroatoms. The molecule has 1 aliphatic rings.